The summed E-state index contributed by atoms with van der Waals surface area (Å²) in [6.45, 7) is 4.36. The maximum absolute atomic E-state index is 11.8. The SMILES string of the molecule is CCN(S)C(=O)Nc1ccc2ncc(-c3cc(C)cs3)nc2n1. The Balaban J connectivity index is 1.93. The molecule has 0 saturated heterocycles. The first-order valence-corrected chi connectivity index (χ1v) is 8.31. The minimum absolute atomic E-state index is 0.333. The van der Waals surface area contributed by atoms with Crippen LogP contribution in [0.3, 0.4) is 0 Å². The second-order valence-electron chi connectivity index (χ2n) is 4.93. The summed E-state index contributed by atoms with van der Waals surface area (Å²) in [6.07, 6.45) is 1.74. The summed E-state index contributed by atoms with van der Waals surface area (Å²) in [7, 11) is 0. The Bertz CT molecular complexity index is 864. The van der Waals surface area contributed by atoms with Gasteiger partial charge in [0, 0.05) is 6.54 Å². The van der Waals surface area contributed by atoms with Gasteiger partial charge in [0.05, 0.1) is 11.1 Å². The monoisotopic (exact) mass is 345 g/mol. The normalized spacial score (nSPS) is 10.7. The Morgan fingerprint density at radius 3 is 2.91 bits per heavy atom. The van der Waals surface area contributed by atoms with Crippen molar-refractivity contribution in [2.24, 2.45) is 0 Å². The lowest BCUT2D eigenvalue weighted by Crippen LogP contribution is -2.27. The van der Waals surface area contributed by atoms with Crippen molar-refractivity contribution in [1.29, 1.82) is 0 Å². The zero-order chi connectivity index (χ0) is 16.4. The molecule has 0 saturated carbocycles. The number of nitrogens with one attached hydrogen (secondary N) is 1. The Kier molecular flexibility index (Phi) is 4.44. The second kappa shape index (κ2) is 6.51. The van der Waals surface area contributed by atoms with Crippen molar-refractivity contribution in [3.8, 4) is 10.6 Å². The number of hydrogen-bond donors (Lipinski definition) is 2. The van der Waals surface area contributed by atoms with E-state index in [1.54, 1.807) is 29.7 Å². The number of pyridine rings is 1. The first-order valence-electron chi connectivity index (χ1n) is 7.03. The summed E-state index contributed by atoms with van der Waals surface area (Å²) in [4.78, 5) is 26.2. The highest BCUT2D eigenvalue weighted by atomic mass is 32.1. The van der Waals surface area contributed by atoms with Crippen molar-refractivity contribution < 1.29 is 4.79 Å². The number of thiophene rings is 1. The summed E-state index contributed by atoms with van der Waals surface area (Å²) in [5, 5.41) is 4.75. The molecule has 3 rings (SSSR count). The zero-order valence-corrected chi connectivity index (χ0v) is 14.4. The molecule has 0 aliphatic heterocycles. The number of urea groups is 1. The fourth-order valence-electron chi connectivity index (χ4n) is 1.97. The molecule has 0 atom stereocenters. The maximum atomic E-state index is 11.8. The third-order valence-corrected chi connectivity index (χ3v) is 4.69. The van der Waals surface area contributed by atoms with Crippen molar-refractivity contribution in [2.45, 2.75) is 13.8 Å². The molecule has 0 unspecified atom stereocenters. The highest BCUT2D eigenvalue weighted by Crippen LogP contribution is 2.26. The number of aromatic nitrogens is 3. The molecule has 0 aromatic carbocycles. The minimum Gasteiger partial charge on any atom is -0.291 e. The van der Waals surface area contributed by atoms with Crippen molar-refractivity contribution in [3.63, 3.8) is 0 Å². The number of carbonyl (C=O) groups excluding carboxylic acids is 1. The Morgan fingerprint density at radius 2 is 2.22 bits per heavy atom. The van der Waals surface area contributed by atoms with E-state index >= 15 is 0 Å². The number of aryl methyl sites for hydroxylation is 1. The van der Waals surface area contributed by atoms with Crippen LogP contribution in [0.25, 0.3) is 21.7 Å². The lowest BCUT2D eigenvalue weighted by Gasteiger charge is -2.13. The van der Waals surface area contributed by atoms with E-state index in [0.29, 0.717) is 23.5 Å². The fraction of sp³-hybridized carbons (Fsp3) is 0.200. The molecule has 1 N–H and O–H groups in total. The van der Waals surface area contributed by atoms with Crippen molar-refractivity contribution in [3.05, 3.63) is 35.3 Å². The molecular formula is C15H15N5OS2. The van der Waals surface area contributed by atoms with Gasteiger partial charge in [-0.05, 0) is 43.0 Å². The van der Waals surface area contributed by atoms with E-state index in [4.69, 9.17) is 0 Å². The number of anilines is 1. The Labute approximate surface area is 143 Å². The van der Waals surface area contributed by atoms with Gasteiger partial charge in [0.1, 0.15) is 17.0 Å². The van der Waals surface area contributed by atoms with E-state index in [1.165, 1.54) is 9.87 Å². The predicted molar refractivity (Wildman–Crippen MR) is 95.8 cm³/mol. The molecule has 0 radical (unpaired) electrons. The smallest absolute Gasteiger partial charge is 0.291 e. The molecular weight excluding hydrogens is 330 g/mol. The highest BCUT2D eigenvalue weighted by Gasteiger charge is 2.10. The zero-order valence-electron chi connectivity index (χ0n) is 12.6. The van der Waals surface area contributed by atoms with E-state index < -0.39 is 0 Å². The number of rotatable bonds is 3. The van der Waals surface area contributed by atoms with Crippen LogP contribution < -0.4 is 5.32 Å². The number of carbonyl (C=O) groups is 1. The average Bonchev–Trinajstić information content (AvgIpc) is 2.99. The summed E-state index contributed by atoms with van der Waals surface area (Å²) < 4.78 is 1.27. The first kappa shape index (κ1) is 15.7. The van der Waals surface area contributed by atoms with Crippen molar-refractivity contribution >= 4 is 47.2 Å². The molecule has 118 valence electrons. The third-order valence-electron chi connectivity index (χ3n) is 3.16. The van der Waals surface area contributed by atoms with E-state index in [2.05, 4.69) is 44.5 Å². The molecule has 6 nitrogen and oxygen atoms in total. The van der Waals surface area contributed by atoms with Crippen LogP contribution in [0, 0.1) is 6.92 Å². The predicted octanol–water partition coefficient (Wildman–Crippen LogP) is 3.76. The number of hydrogen-bond acceptors (Lipinski definition) is 6. The Hall–Kier alpha value is -2.19. The van der Waals surface area contributed by atoms with Gasteiger partial charge in [0.15, 0.2) is 5.65 Å². The molecule has 0 spiro atoms. The van der Waals surface area contributed by atoms with Crippen LogP contribution in [0.2, 0.25) is 0 Å². The van der Waals surface area contributed by atoms with Crippen LogP contribution in [-0.2, 0) is 0 Å². The van der Waals surface area contributed by atoms with Gasteiger partial charge in [0.2, 0.25) is 0 Å². The van der Waals surface area contributed by atoms with Gasteiger partial charge in [-0.3, -0.25) is 14.6 Å². The van der Waals surface area contributed by atoms with Crippen LogP contribution in [0.1, 0.15) is 12.5 Å². The molecule has 2 amide bonds. The van der Waals surface area contributed by atoms with Crippen LogP contribution in [0.15, 0.2) is 29.8 Å². The lowest BCUT2D eigenvalue weighted by atomic mass is 10.3. The molecule has 0 fully saturated rings. The van der Waals surface area contributed by atoms with Gasteiger partial charge in [-0.1, -0.05) is 12.8 Å². The van der Waals surface area contributed by atoms with Crippen molar-refractivity contribution in [1.82, 2.24) is 19.3 Å². The van der Waals surface area contributed by atoms with E-state index in [9.17, 15) is 4.79 Å². The van der Waals surface area contributed by atoms with Crippen LogP contribution in [0.5, 0.6) is 0 Å². The molecule has 23 heavy (non-hydrogen) atoms. The topological polar surface area (TPSA) is 71.0 Å². The van der Waals surface area contributed by atoms with E-state index in [0.717, 1.165) is 10.6 Å². The minimum atomic E-state index is -0.333. The number of thiol groups is 1. The van der Waals surface area contributed by atoms with Crippen LogP contribution in [-0.4, -0.2) is 31.8 Å². The van der Waals surface area contributed by atoms with Gasteiger partial charge in [-0.2, -0.15) is 0 Å². The number of nitrogens with zero attached hydrogens (tertiary/aromatic N) is 4. The summed E-state index contributed by atoms with van der Waals surface area (Å²) in [6, 6.07) is 5.21. The van der Waals surface area contributed by atoms with E-state index in [1.807, 2.05) is 13.8 Å². The molecule has 0 bridgehead atoms. The molecule has 0 aliphatic rings. The molecule has 0 aliphatic carbocycles. The van der Waals surface area contributed by atoms with Crippen molar-refractivity contribution in [2.75, 3.05) is 11.9 Å². The fourth-order valence-corrected chi connectivity index (χ4v) is 2.87. The van der Waals surface area contributed by atoms with Gasteiger partial charge in [-0.15, -0.1) is 11.3 Å². The van der Waals surface area contributed by atoms with Gasteiger partial charge < -0.3 is 0 Å². The largest absolute Gasteiger partial charge is 0.332 e. The quantitative estimate of drug-likeness (QED) is 0.709. The highest BCUT2D eigenvalue weighted by molar-refractivity contribution is 7.78. The third kappa shape index (κ3) is 3.43. The lowest BCUT2D eigenvalue weighted by molar-refractivity contribution is 0.240. The summed E-state index contributed by atoms with van der Waals surface area (Å²) in [5.74, 6) is 0.420. The number of amides is 2. The molecule has 3 aromatic rings. The standard InChI is InChI=1S/C15H15N5OS2/c1-3-20(22)15(21)19-13-5-4-10-14(18-13)17-11(7-16-10)12-6-9(2)8-23-12/h4-8,22H,3H2,1-2H3,(H,17,18,19,21). The Morgan fingerprint density at radius 1 is 1.39 bits per heavy atom. The summed E-state index contributed by atoms with van der Waals surface area (Å²) >= 11 is 5.68. The molecule has 8 heteroatoms. The van der Waals surface area contributed by atoms with E-state index in [-0.39, 0.29) is 6.03 Å². The van der Waals surface area contributed by atoms with Crippen LogP contribution in [0.4, 0.5) is 10.6 Å². The average molecular weight is 345 g/mol. The van der Waals surface area contributed by atoms with Crippen LogP contribution >= 0.6 is 24.2 Å². The number of fused-ring (bicyclic) bond motifs is 1. The summed E-state index contributed by atoms with van der Waals surface area (Å²) in [5.41, 5.74) is 3.14. The maximum Gasteiger partial charge on any atom is 0.332 e. The first-order chi connectivity index (χ1) is 11.1. The molecule has 3 aromatic heterocycles. The van der Waals surface area contributed by atoms with Gasteiger partial charge >= 0.3 is 6.03 Å². The van der Waals surface area contributed by atoms with Gasteiger partial charge in [0.25, 0.3) is 0 Å². The van der Waals surface area contributed by atoms with Gasteiger partial charge in [-0.25, -0.2) is 14.8 Å². The molecule has 3 heterocycles. The second-order valence-corrected chi connectivity index (χ2v) is 6.32.